The van der Waals surface area contributed by atoms with Gasteiger partial charge in [-0.2, -0.15) is 5.10 Å². The van der Waals surface area contributed by atoms with Crippen molar-refractivity contribution in [2.24, 2.45) is 0 Å². The van der Waals surface area contributed by atoms with E-state index in [1.807, 2.05) is 48.5 Å². The molecule has 0 radical (unpaired) electrons. The Balaban J connectivity index is 1.63. The number of nitrogens with zero attached hydrogens (tertiary/aromatic N) is 1. The van der Waals surface area contributed by atoms with Crippen molar-refractivity contribution in [3.8, 4) is 11.3 Å². The molecule has 4 rings (SSSR count). The quantitative estimate of drug-likeness (QED) is 0.683. The first-order valence-electron chi connectivity index (χ1n) is 9.30. The molecule has 1 saturated carbocycles. The van der Waals surface area contributed by atoms with Gasteiger partial charge < -0.3 is 5.32 Å². The van der Waals surface area contributed by atoms with Crippen LogP contribution >= 0.6 is 11.6 Å². The molecule has 0 saturated heterocycles. The Morgan fingerprint density at radius 2 is 1.82 bits per heavy atom. The van der Waals surface area contributed by atoms with Crippen molar-refractivity contribution in [1.82, 2.24) is 10.2 Å². The first-order chi connectivity index (χ1) is 13.6. The number of rotatable bonds is 4. The van der Waals surface area contributed by atoms with E-state index in [9.17, 15) is 9.59 Å². The molecular formula is C22H20ClN3O2. The van der Waals surface area contributed by atoms with Crippen molar-refractivity contribution >= 4 is 23.2 Å². The minimum absolute atomic E-state index is 0.0150. The summed E-state index contributed by atoms with van der Waals surface area (Å²) in [7, 11) is 0. The van der Waals surface area contributed by atoms with E-state index in [0.717, 1.165) is 36.8 Å². The highest BCUT2D eigenvalue weighted by molar-refractivity contribution is 6.30. The molecule has 1 aliphatic carbocycles. The number of amides is 1. The number of carbonyl (C=O) groups is 1. The largest absolute Gasteiger partial charge is 0.325 e. The monoisotopic (exact) mass is 393 g/mol. The lowest BCUT2D eigenvalue weighted by atomic mass is 9.78. The van der Waals surface area contributed by atoms with Crippen molar-refractivity contribution in [2.75, 3.05) is 5.32 Å². The summed E-state index contributed by atoms with van der Waals surface area (Å²) in [6.45, 7) is 0. The van der Waals surface area contributed by atoms with Crippen LogP contribution in [0.2, 0.25) is 5.02 Å². The summed E-state index contributed by atoms with van der Waals surface area (Å²) in [5.41, 5.74) is 2.31. The van der Waals surface area contributed by atoms with Gasteiger partial charge in [0.15, 0.2) is 0 Å². The van der Waals surface area contributed by atoms with Crippen molar-refractivity contribution in [1.29, 1.82) is 0 Å². The molecule has 2 aromatic carbocycles. The van der Waals surface area contributed by atoms with E-state index in [0.29, 0.717) is 16.4 Å². The summed E-state index contributed by atoms with van der Waals surface area (Å²) in [5, 5.41) is 10.2. The highest BCUT2D eigenvalue weighted by Gasteiger charge is 2.42. The van der Waals surface area contributed by atoms with Crippen LogP contribution in [0.4, 0.5) is 5.69 Å². The molecular weight excluding hydrogens is 374 g/mol. The molecule has 0 spiro atoms. The van der Waals surface area contributed by atoms with Crippen molar-refractivity contribution in [3.05, 3.63) is 81.6 Å². The van der Waals surface area contributed by atoms with Crippen molar-refractivity contribution < 1.29 is 4.79 Å². The highest BCUT2D eigenvalue weighted by Crippen LogP contribution is 2.42. The lowest BCUT2D eigenvalue weighted by molar-refractivity contribution is -0.121. The molecule has 0 aliphatic heterocycles. The molecule has 1 heterocycles. The zero-order valence-corrected chi connectivity index (χ0v) is 16.0. The number of carbonyl (C=O) groups excluding carboxylic acids is 1. The van der Waals surface area contributed by atoms with Crippen LogP contribution in [0.15, 0.2) is 65.5 Å². The summed E-state index contributed by atoms with van der Waals surface area (Å²) in [6.07, 6.45) is 3.64. The predicted octanol–water partition coefficient (Wildman–Crippen LogP) is 4.54. The Morgan fingerprint density at radius 3 is 2.54 bits per heavy atom. The number of halogens is 1. The fourth-order valence-electron chi connectivity index (χ4n) is 3.92. The molecule has 3 aromatic rings. The third-order valence-corrected chi connectivity index (χ3v) is 5.60. The number of hydrogen-bond acceptors (Lipinski definition) is 3. The summed E-state index contributed by atoms with van der Waals surface area (Å²) in [6, 6.07) is 18.2. The minimum Gasteiger partial charge on any atom is -0.325 e. The number of aromatic nitrogens is 2. The van der Waals surface area contributed by atoms with Gasteiger partial charge in [-0.05, 0) is 48.7 Å². The summed E-state index contributed by atoms with van der Waals surface area (Å²) < 4.78 is 0. The maximum atomic E-state index is 13.3. The van der Waals surface area contributed by atoms with Gasteiger partial charge in [0.1, 0.15) is 0 Å². The van der Waals surface area contributed by atoms with Crippen LogP contribution in [0.1, 0.15) is 31.2 Å². The number of aromatic amines is 1. The highest BCUT2D eigenvalue weighted by atomic mass is 35.5. The molecule has 5 nitrogen and oxygen atoms in total. The molecule has 1 fully saturated rings. The van der Waals surface area contributed by atoms with Gasteiger partial charge in [0, 0.05) is 22.3 Å². The molecule has 0 unspecified atom stereocenters. The van der Waals surface area contributed by atoms with Gasteiger partial charge in [-0.1, -0.05) is 48.7 Å². The van der Waals surface area contributed by atoms with Crippen LogP contribution < -0.4 is 10.9 Å². The molecule has 28 heavy (non-hydrogen) atoms. The van der Waals surface area contributed by atoms with Crippen LogP contribution in [-0.2, 0) is 10.2 Å². The van der Waals surface area contributed by atoms with Gasteiger partial charge in [0.05, 0.1) is 11.1 Å². The number of hydrogen-bond donors (Lipinski definition) is 2. The smallest absolute Gasteiger partial charge is 0.264 e. The average molecular weight is 394 g/mol. The third kappa shape index (κ3) is 3.58. The fourth-order valence-corrected chi connectivity index (χ4v) is 4.11. The standard InChI is InChI=1S/C22H20ClN3O2/c23-17-7-4-6-16(14-17)22(11-1-2-12-22)21(28)24-18-8-3-5-15(13-18)19-9-10-20(27)26-25-19/h3-10,13-14H,1-2,11-12H2,(H,24,28)(H,26,27). The van der Waals surface area contributed by atoms with Gasteiger partial charge >= 0.3 is 0 Å². The number of benzene rings is 2. The SMILES string of the molecule is O=C(Nc1cccc(-c2ccc(=O)[nH]n2)c1)C1(c2cccc(Cl)c2)CCCC1. The maximum Gasteiger partial charge on any atom is 0.264 e. The van der Waals surface area contributed by atoms with E-state index in [4.69, 9.17) is 11.6 Å². The third-order valence-electron chi connectivity index (χ3n) is 5.36. The van der Waals surface area contributed by atoms with Crippen LogP contribution in [0.3, 0.4) is 0 Å². The van der Waals surface area contributed by atoms with Gasteiger partial charge in [-0.3, -0.25) is 9.59 Å². The first kappa shape index (κ1) is 18.4. The van der Waals surface area contributed by atoms with E-state index in [2.05, 4.69) is 15.5 Å². The molecule has 1 aliphatic rings. The zero-order valence-electron chi connectivity index (χ0n) is 15.2. The van der Waals surface area contributed by atoms with Crippen molar-refractivity contribution in [2.45, 2.75) is 31.1 Å². The van der Waals surface area contributed by atoms with Gasteiger partial charge in [-0.15, -0.1) is 0 Å². The predicted molar refractivity (Wildman–Crippen MR) is 111 cm³/mol. The van der Waals surface area contributed by atoms with E-state index in [-0.39, 0.29) is 11.5 Å². The lowest BCUT2D eigenvalue weighted by Crippen LogP contribution is -2.38. The van der Waals surface area contributed by atoms with Crippen LogP contribution in [0, 0.1) is 0 Å². The van der Waals surface area contributed by atoms with E-state index in [1.54, 1.807) is 6.07 Å². The normalized spacial score (nSPS) is 15.3. The Bertz CT molecular complexity index is 1050. The van der Waals surface area contributed by atoms with Gasteiger partial charge in [0.2, 0.25) is 5.91 Å². The maximum absolute atomic E-state index is 13.3. The van der Waals surface area contributed by atoms with Gasteiger partial charge in [0.25, 0.3) is 5.56 Å². The number of anilines is 1. The molecule has 6 heteroatoms. The number of nitrogens with one attached hydrogen (secondary N) is 2. The lowest BCUT2D eigenvalue weighted by Gasteiger charge is -2.28. The van der Waals surface area contributed by atoms with E-state index in [1.165, 1.54) is 6.07 Å². The Morgan fingerprint density at radius 1 is 1.04 bits per heavy atom. The topological polar surface area (TPSA) is 74.8 Å². The molecule has 0 bridgehead atoms. The molecule has 1 amide bonds. The molecule has 1 aromatic heterocycles. The summed E-state index contributed by atoms with van der Waals surface area (Å²) >= 11 is 6.19. The van der Waals surface area contributed by atoms with E-state index < -0.39 is 5.41 Å². The van der Waals surface area contributed by atoms with Crippen LogP contribution in [-0.4, -0.2) is 16.1 Å². The average Bonchev–Trinajstić information content (AvgIpc) is 3.20. The molecule has 2 N–H and O–H groups in total. The minimum atomic E-state index is -0.558. The second kappa shape index (κ2) is 7.60. The van der Waals surface area contributed by atoms with Crippen LogP contribution in [0.5, 0.6) is 0 Å². The zero-order chi connectivity index (χ0) is 19.6. The van der Waals surface area contributed by atoms with E-state index >= 15 is 0 Å². The molecule has 142 valence electrons. The van der Waals surface area contributed by atoms with Crippen molar-refractivity contribution in [3.63, 3.8) is 0 Å². The Labute approximate surface area is 167 Å². The second-order valence-electron chi connectivity index (χ2n) is 7.14. The van der Waals surface area contributed by atoms with Gasteiger partial charge in [-0.25, -0.2) is 5.10 Å². The summed E-state index contributed by atoms with van der Waals surface area (Å²) in [4.78, 5) is 24.5. The number of H-pyrrole nitrogens is 1. The van der Waals surface area contributed by atoms with Crippen LogP contribution in [0.25, 0.3) is 11.3 Å². The second-order valence-corrected chi connectivity index (χ2v) is 7.58. The fraction of sp³-hybridized carbons (Fsp3) is 0.227. The Hall–Kier alpha value is -2.92. The Kier molecular flexibility index (Phi) is 5.01. The molecule has 0 atom stereocenters. The summed E-state index contributed by atoms with van der Waals surface area (Å²) in [5.74, 6) is -0.0150. The first-order valence-corrected chi connectivity index (χ1v) is 9.68.